The summed E-state index contributed by atoms with van der Waals surface area (Å²) in [6.07, 6.45) is -4.18. The molecule has 0 unspecified atom stereocenters. The number of nitrogens with zero attached hydrogens (tertiary/aromatic N) is 1. The molecule has 0 fully saturated rings. The van der Waals surface area contributed by atoms with E-state index in [1.54, 1.807) is 0 Å². The summed E-state index contributed by atoms with van der Waals surface area (Å²) >= 11 is 0. The van der Waals surface area contributed by atoms with Crippen LogP contribution in [0.25, 0.3) is 0 Å². The average Bonchev–Trinajstić information content (AvgIpc) is 2.64. The number of amides is 1. The van der Waals surface area contributed by atoms with Crippen LogP contribution in [0.2, 0.25) is 0 Å². The number of halogens is 3. The van der Waals surface area contributed by atoms with Gasteiger partial charge in [0.1, 0.15) is 0 Å². The number of carbonyl (C=O) groups is 1. The van der Waals surface area contributed by atoms with Crippen molar-refractivity contribution in [2.75, 3.05) is 35.2 Å². The van der Waals surface area contributed by atoms with Crippen LogP contribution in [0, 0.1) is 6.92 Å². The van der Waals surface area contributed by atoms with E-state index in [9.17, 15) is 18.0 Å². The molecule has 2 aromatic carbocycles. The number of nitrogens with one attached hydrogen (secondary N) is 2. The van der Waals surface area contributed by atoms with E-state index in [-0.39, 0.29) is 12.3 Å². The fourth-order valence-electron chi connectivity index (χ4n) is 2.91. The lowest BCUT2D eigenvalue weighted by molar-refractivity contribution is -0.137. The first-order valence-electron chi connectivity index (χ1n) is 9.31. The predicted octanol–water partition coefficient (Wildman–Crippen LogP) is 5.30. The number of hydrogen-bond acceptors (Lipinski definition) is 3. The van der Waals surface area contributed by atoms with Crippen molar-refractivity contribution in [3.8, 4) is 0 Å². The minimum Gasteiger partial charge on any atom is -0.384 e. The molecular weight excluding hydrogens is 367 g/mol. The van der Waals surface area contributed by atoms with E-state index in [0.29, 0.717) is 12.2 Å². The van der Waals surface area contributed by atoms with Crippen molar-refractivity contribution >= 4 is 23.0 Å². The Labute approximate surface area is 163 Å². The van der Waals surface area contributed by atoms with E-state index >= 15 is 0 Å². The first-order chi connectivity index (χ1) is 13.2. The first-order valence-corrected chi connectivity index (χ1v) is 9.31. The second-order valence-electron chi connectivity index (χ2n) is 6.47. The molecule has 0 bridgehead atoms. The van der Waals surface area contributed by atoms with Crippen molar-refractivity contribution in [1.29, 1.82) is 0 Å². The Hall–Kier alpha value is -2.70. The van der Waals surface area contributed by atoms with Crippen LogP contribution in [-0.2, 0) is 11.0 Å². The maximum atomic E-state index is 12.6. The van der Waals surface area contributed by atoms with Crippen molar-refractivity contribution in [2.24, 2.45) is 0 Å². The van der Waals surface area contributed by atoms with E-state index in [0.717, 1.165) is 42.2 Å². The SMILES string of the molecule is CCN(CC)c1ccc(NCCC(=O)Nc2ccc(C(F)(F)F)cc2)c(C)c1. The molecule has 0 saturated heterocycles. The molecular formula is C21H26F3N3O. The van der Waals surface area contributed by atoms with Gasteiger partial charge in [-0.25, -0.2) is 0 Å². The molecule has 0 spiro atoms. The van der Waals surface area contributed by atoms with E-state index in [1.165, 1.54) is 12.1 Å². The van der Waals surface area contributed by atoms with Gasteiger partial charge >= 0.3 is 6.18 Å². The number of anilines is 3. The van der Waals surface area contributed by atoms with E-state index < -0.39 is 11.7 Å². The van der Waals surface area contributed by atoms with Crippen molar-refractivity contribution in [1.82, 2.24) is 0 Å². The number of alkyl halides is 3. The fourth-order valence-corrected chi connectivity index (χ4v) is 2.91. The van der Waals surface area contributed by atoms with Crippen molar-refractivity contribution < 1.29 is 18.0 Å². The molecule has 0 aliphatic carbocycles. The second kappa shape index (κ2) is 9.48. The molecule has 0 saturated carbocycles. The Bertz CT molecular complexity index is 784. The molecule has 0 atom stereocenters. The van der Waals surface area contributed by atoms with Gasteiger partial charge in [-0.05, 0) is 68.8 Å². The Kier molecular flexibility index (Phi) is 7.31. The van der Waals surface area contributed by atoms with Crippen LogP contribution in [0.5, 0.6) is 0 Å². The highest BCUT2D eigenvalue weighted by molar-refractivity contribution is 5.91. The minimum atomic E-state index is -4.38. The summed E-state index contributed by atoms with van der Waals surface area (Å²) in [6.45, 7) is 8.54. The van der Waals surface area contributed by atoms with Crippen LogP contribution < -0.4 is 15.5 Å². The molecule has 4 nitrogen and oxygen atoms in total. The third kappa shape index (κ3) is 5.90. The smallest absolute Gasteiger partial charge is 0.384 e. The molecule has 152 valence electrons. The molecule has 0 aliphatic rings. The summed E-state index contributed by atoms with van der Waals surface area (Å²) in [5.41, 5.74) is 2.81. The van der Waals surface area contributed by atoms with Gasteiger partial charge in [0.2, 0.25) is 5.91 Å². The van der Waals surface area contributed by atoms with Gasteiger partial charge in [0.15, 0.2) is 0 Å². The van der Waals surface area contributed by atoms with Gasteiger partial charge in [0.25, 0.3) is 0 Å². The number of benzene rings is 2. The van der Waals surface area contributed by atoms with Crippen LogP contribution in [0.3, 0.4) is 0 Å². The Morgan fingerprint density at radius 1 is 1.04 bits per heavy atom. The number of aryl methyl sites for hydroxylation is 1. The van der Waals surface area contributed by atoms with Gasteiger partial charge in [-0.2, -0.15) is 13.2 Å². The lowest BCUT2D eigenvalue weighted by atomic mass is 10.1. The van der Waals surface area contributed by atoms with Crippen LogP contribution in [0.4, 0.5) is 30.2 Å². The third-order valence-electron chi connectivity index (χ3n) is 4.50. The summed E-state index contributed by atoms with van der Waals surface area (Å²) in [5, 5.41) is 5.84. The fraction of sp³-hybridized carbons (Fsp3) is 0.381. The van der Waals surface area contributed by atoms with E-state index in [2.05, 4.69) is 35.4 Å². The normalized spacial score (nSPS) is 11.2. The first kappa shape index (κ1) is 21.6. The molecule has 0 radical (unpaired) electrons. The van der Waals surface area contributed by atoms with Gasteiger partial charge in [-0.3, -0.25) is 4.79 Å². The van der Waals surface area contributed by atoms with Gasteiger partial charge in [-0.1, -0.05) is 0 Å². The molecule has 28 heavy (non-hydrogen) atoms. The lowest BCUT2D eigenvalue weighted by Crippen LogP contribution is -2.22. The molecule has 0 heterocycles. The van der Waals surface area contributed by atoms with Gasteiger partial charge in [0, 0.05) is 43.1 Å². The average molecular weight is 393 g/mol. The zero-order valence-electron chi connectivity index (χ0n) is 16.4. The highest BCUT2D eigenvalue weighted by Crippen LogP contribution is 2.29. The van der Waals surface area contributed by atoms with Crippen molar-refractivity contribution in [2.45, 2.75) is 33.4 Å². The van der Waals surface area contributed by atoms with Crippen LogP contribution >= 0.6 is 0 Å². The Morgan fingerprint density at radius 3 is 2.21 bits per heavy atom. The second-order valence-corrected chi connectivity index (χ2v) is 6.47. The summed E-state index contributed by atoms with van der Waals surface area (Å²) in [6, 6.07) is 10.6. The maximum absolute atomic E-state index is 12.6. The van der Waals surface area contributed by atoms with Crippen molar-refractivity contribution in [3.63, 3.8) is 0 Å². The minimum absolute atomic E-state index is 0.207. The standard InChI is InChI=1S/C21H26F3N3O/c1-4-27(5-2)18-10-11-19(15(3)14-18)25-13-12-20(28)26-17-8-6-16(7-9-17)21(22,23)24/h6-11,14,25H,4-5,12-13H2,1-3H3,(H,26,28). The highest BCUT2D eigenvalue weighted by Gasteiger charge is 2.29. The number of rotatable bonds is 8. The van der Waals surface area contributed by atoms with E-state index in [1.807, 2.05) is 19.1 Å². The van der Waals surface area contributed by atoms with Crippen LogP contribution in [0.1, 0.15) is 31.4 Å². The lowest BCUT2D eigenvalue weighted by Gasteiger charge is -2.22. The third-order valence-corrected chi connectivity index (χ3v) is 4.50. The van der Waals surface area contributed by atoms with Gasteiger partial charge < -0.3 is 15.5 Å². The monoisotopic (exact) mass is 393 g/mol. The molecule has 2 N–H and O–H groups in total. The summed E-state index contributed by atoms with van der Waals surface area (Å²) in [7, 11) is 0. The molecule has 2 rings (SSSR count). The summed E-state index contributed by atoms with van der Waals surface area (Å²) in [4.78, 5) is 14.3. The molecule has 1 amide bonds. The molecule has 7 heteroatoms. The Morgan fingerprint density at radius 2 is 1.68 bits per heavy atom. The highest BCUT2D eigenvalue weighted by atomic mass is 19.4. The van der Waals surface area contributed by atoms with Crippen molar-refractivity contribution in [3.05, 3.63) is 53.6 Å². The van der Waals surface area contributed by atoms with Crippen LogP contribution in [-0.4, -0.2) is 25.5 Å². The summed E-state index contributed by atoms with van der Waals surface area (Å²) in [5.74, 6) is -0.260. The van der Waals surface area contributed by atoms with Gasteiger partial charge in [-0.15, -0.1) is 0 Å². The largest absolute Gasteiger partial charge is 0.416 e. The molecule has 2 aromatic rings. The van der Waals surface area contributed by atoms with Crippen LogP contribution in [0.15, 0.2) is 42.5 Å². The number of carbonyl (C=O) groups excluding carboxylic acids is 1. The zero-order valence-corrected chi connectivity index (χ0v) is 16.4. The zero-order chi connectivity index (χ0) is 20.7. The molecule has 0 aliphatic heterocycles. The van der Waals surface area contributed by atoms with Gasteiger partial charge in [0.05, 0.1) is 5.56 Å². The number of hydrogen-bond donors (Lipinski definition) is 2. The summed E-state index contributed by atoms with van der Waals surface area (Å²) < 4.78 is 37.7. The quantitative estimate of drug-likeness (QED) is 0.640. The molecule has 0 aromatic heterocycles. The maximum Gasteiger partial charge on any atom is 0.416 e. The Balaban J connectivity index is 1.85. The topological polar surface area (TPSA) is 44.4 Å². The predicted molar refractivity (Wildman–Crippen MR) is 108 cm³/mol. The van der Waals surface area contributed by atoms with E-state index in [4.69, 9.17) is 0 Å².